The maximum Gasteiger partial charge on any atom is 0.279 e. The van der Waals surface area contributed by atoms with E-state index in [-0.39, 0.29) is 6.54 Å². The van der Waals surface area contributed by atoms with Crippen molar-refractivity contribution < 1.29 is 13.5 Å². The van der Waals surface area contributed by atoms with Crippen molar-refractivity contribution in [2.24, 2.45) is 0 Å². The molecule has 1 saturated heterocycles. The van der Waals surface area contributed by atoms with Gasteiger partial charge in [0.1, 0.15) is 0 Å². The van der Waals surface area contributed by atoms with Crippen molar-refractivity contribution in [2.75, 3.05) is 53.4 Å². The lowest BCUT2D eigenvalue weighted by molar-refractivity contribution is 0.108. The standard InChI is InChI=1S/C9H22N4O3S/c1-12(2)17(15,16)11-7-9(14)8-13-5-3-10-4-6-13/h9-11,14H,3-8H2,1-2H3. The second-order valence-corrected chi connectivity index (χ2v) is 6.31. The first kappa shape index (κ1) is 14.8. The van der Waals surface area contributed by atoms with Crippen LogP contribution in [0.2, 0.25) is 0 Å². The summed E-state index contributed by atoms with van der Waals surface area (Å²) in [6, 6.07) is 0. The molecule has 1 heterocycles. The molecule has 0 aromatic rings. The molecule has 102 valence electrons. The van der Waals surface area contributed by atoms with Gasteiger partial charge in [-0.05, 0) is 0 Å². The van der Waals surface area contributed by atoms with Gasteiger partial charge in [-0.1, -0.05) is 0 Å². The maximum atomic E-state index is 11.4. The zero-order valence-electron chi connectivity index (χ0n) is 10.4. The molecule has 1 rings (SSSR count). The van der Waals surface area contributed by atoms with Crippen molar-refractivity contribution in [3.8, 4) is 0 Å². The van der Waals surface area contributed by atoms with Crippen LogP contribution >= 0.6 is 0 Å². The lowest BCUT2D eigenvalue weighted by Gasteiger charge is -2.29. The van der Waals surface area contributed by atoms with Gasteiger partial charge >= 0.3 is 0 Å². The van der Waals surface area contributed by atoms with E-state index in [1.54, 1.807) is 0 Å². The van der Waals surface area contributed by atoms with Gasteiger partial charge in [-0.3, -0.25) is 4.90 Å². The third-order valence-electron chi connectivity index (χ3n) is 2.66. The average Bonchev–Trinajstić information content (AvgIpc) is 2.28. The molecule has 0 amide bonds. The number of β-amino-alcohol motifs (C(OH)–C–C–N with tert-alkyl or cyclic N) is 1. The van der Waals surface area contributed by atoms with E-state index in [4.69, 9.17) is 0 Å². The van der Waals surface area contributed by atoms with E-state index < -0.39 is 16.3 Å². The smallest absolute Gasteiger partial charge is 0.279 e. The van der Waals surface area contributed by atoms with E-state index in [1.165, 1.54) is 14.1 Å². The second kappa shape index (κ2) is 6.62. The SMILES string of the molecule is CN(C)S(=O)(=O)NCC(O)CN1CCNCC1. The third kappa shape index (κ3) is 5.28. The van der Waals surface area contributed by atoms with Gasteiger partial charge in [-0.25, -0.2) is 0 Å². The van der Waals surface area contributed by atoms with Gasteiger partial charge in [0.25, 0.3) is 10.2 Å². The van der Waals surface area contributed by atoms with E-state index in [1.807, 2.05) is 0 Å². The number of hydrogen-bond acceptors (Lipinski definition) is 5. The summed E-state index contributed by atoms with van der Waals surface area (Å²) in [6.45, 7) is 4.14. The van der Waals surface area contributed by atoms with Crippen LogP contribution in [0.25, 0.3) is 0 Å². The van der Waals surface area contributed by atoms with Crippen molar-refractivity contribution in [1.29, 1.82) is 0 Å². The Balaban J connectivity index is 2.27. The fourth-order valence-electron chi connectivity index (χ4n) is 1.59. The fourth-order valence-corrected chi connectivity index (χ4v) is 2.25. The topological polar surface area (TPSA) is 84.9 Å². The van der Waals surface area contributed by atoms with Gasteiger partial charge in [0.15, 0.2) is 0 Å². The van der Waals surface area contributed by atoms with Crippen LogP contribution in [0.15, 0.2) is 0 Å². The number of hydrogen-bond donors (Lipinski definition) is 3. The van der Waals surface area contributed by atoms with E-state index >= 15 is 0 Å². The monoisotopic (exact) mass is 266 g/mol. The number of piperazine rings is 1. The van der Waals surface area contributed by atoms with Gasteiger partial charge in [-0.15, -0.1) is 0 Å². The molecule has 1 fully saturated rings. The van der Waals surface area contributed by atoms with Gasteiger partial charge < -0.3 is 10.4 Å². The molecule has 0 aromatic carbocycles. The molecule has 1 aliphatic heterocycles. The van der Waals surface area contributed by atoms with Crippen molar-refractivity contribution in [1.82, 2.24) is 19.2 Å². The van der Waals surface area contributed by atoms with E-state index in [9.17, 15) is 13.5 Å². The second-order valence-electron chi connectivity index (χ2n) is 4.34. The van der Waals surface area contributed by atoms with E-state index in [0.717, 1.165) is 30.5 Å². The summed E-state index contributed by atoms with van der Waals surface area (Å²) in [4.78, 5) is 2.12. The molecule has 1 atom stereocenters. The van der Waals surface area contributed by atoms with E-state index in [2.05, 4.69) is 14.9 Å². The van der Waals surface area contributed by atoms with Gasteiger partial charge in [-0.2, -0.15) is 17.4 Å². The summed E-state index contributed by atoms with van der Waals surface area (Å²) in [5, 5.41) is 13.0. The largest absolute Gasteiger partial charge is 0.390 e. The van der Waals surface area contributed by atoms with Crippen LogP contribution in [0.3, 0.4) is 0 Å². The fraction of sp³-hybridized carbons (Fsp3) is 1.00. The first-order valence-electron chi connectivity index (χ1n) is 5.70. The van der Waals surface area contributed by atoms with E-state index in [0.29, 0.717) is 6.54 Å². The Kier molecular flexibility index (Phi) is 5.77. The Morgan fingerprint density at radius 2 is 2.00 bits per heavy atom. The highest BCUT2D eigenvalue weighted by molar-refractivity contribution is 7.87. The Labute approximate surface area is 103 Å². The van der Waals surface area contributed by atoms with Crippen LogP contribution in [0, 0.1) is 0 Å². The molecule has 0 aromatic heterocycles. The highest BCUT2D eigenvalue weighted by atomic mass is 32.2. The number of rotatable bonds is 6. The molecule has 8 heteroatoms. The Hall–Kier alpha value is -0.250. The maximum absolute atomic E-state index is 11.4. The lowest BCUT2D eigenvalue weighted by atomic mass is 10.3. The predicted molar refractivity (Wildman–Crippen MR) is 65.9 cm³/mol. The zero-order valence-corrected chi connectivity index (χ0v) is 11.2. The van der Waals surface area contributed by atoms with Crippen LogP contribution in [0.4, 0.5) is 0 Å². The summed E-state index contributed by atoms with van der Waals surface area (Å²) in [6.07, 6.45) is -0.678. The lowest BCUT2D eigenvalue weighted by Crippen LogP contribution is -2.49. The predicted octanol–water partition coefficient (Wildman–Crippen LogP) is -2.35. The molecule has 0 radical (unpaired) electrons. The minimum absolute atomic E-state index is 0.0461. The Morgan fingerprint density at radius 1 is 1.41 bits per heavy atom. The molecular formula is C9H22N4O3S. The molecule has 0 saturated carbocycles. The van der Waals surface area contributed by atoms with Gasteiger partial charge in [0.2, 0.25) is 0 Å². The number of nitrogens with zero attached hydrogens (tertiary/aromatic N) is 2. The molecule has 3 N–H and O–H groups in total. The number of aliphatic hydroxyl groups excluding tert-OH is 1. The van der Waals surface area contributed by atoms with Crippen molar-refractivity contribution >= 4 is 10.2 Å². The van der Waals surface area contributed by atoms with Crippen LogP contribution in [0.1, 0.15) is 0 Å². The molecule has 1 aliphatic rings. The molecule has 17 heavy (non-hydrogen) atoms. The molecule has 0 spiro atoms. The molecule has 0 aliphatic carbocycles. The first-order valence-corrected chi connectivity index (χ1v) is 7.14. The van der Waals surface area contributed by atoms with Gasteiger partial charge in [0.05, 0.1) is 6.10 Å². The minimum Gasteiger partial charge on any atom is -0.390 e. The summed E-state index contributed by atoms with van der Waals surface area (Å²) in [7, 11) is -0.543. The third-order valence-corrected chi connectivity index (χ3v) is 4.15. The van der Waals surface area contributed by atoms with Crippen molar-refractivity contribution in [2.45, 2.75) is 6.10 Å². The van der Waals surface area contributed by atoms with Crippen LogP contribution < -0.4 is 10.0 Å². The normalized spacial score (nSPS) is 20.7. The molecular weight excluding hydrogens is 244 g/mol. The van der Waals surface area contributed by atoms with Gasteiger partial charge in [0, 0.05) is 53.4 Å². The Morgan fingerprint density at radius 3 is 2.53 bits per heavy atom. The first-order chi connectivity index (χ1) is 7.92. The van der Waals surface area contributed by atoms with Crippen LogP contribution in [-0.4, -0.2) is 82.2 Å². The summed E-state index contributed by atoms with van der Waals surface area (Å²) in [5.74, 6) is 0. The van der Waals surface area contributed by atoms with Crippen LogP contribution in [-0.2, 0) is 10.2 Å². The zero-order chi connectivity index (χ0) is 12.9. The molecule has 0 bridgehead atoms. The summed E-state index contributed by atoms with van der Waals surface area (Å²) >= 11 is 0. The number of aliphatic hydroxyl groups is 1. The quantitative estimate of drug-likeness (QED) is 0.501. The summed E-state index contributed by atoms with van der Waals surface area (Å²) < 4.78 is 26.3. The Bertz CT molecular complexity index is 314. The highest BCUT2D eigenvalue weighted by Gasteiger charge is 2.18. The summed E-state index contributed by atoms with van der Waals surface area (Å²) in [5.41, 5.74) is 0. The number of nitrogens with one attached hydrogen (secondary N) is 2. The average molecular weight is 266 g/mol. The molecule has 1 unspecified atom stereocenters. The minimum atomic E-state index is -3.44. The molecule has 7 nitrogen and oxygen atoms in total. The van der Waals surface area contributed by atoms with Crippen molar-refractivity contribution in [3.63, 3.8) is 0 Å². The van der Waals surface area contributed by atoms with Crippen LogP contribution in [0.5, 0.6) is 0 Å². The van der Waals surface area contributed by atoms with Crippen molar-refractivity contribution in [3.05, 3.63) is 0 Å². The highest BCUT2D eigenvalue weighted by Crippen LogP contribution is 1.96.